The fraction of sp³-hybridized carbons (Fsp3) is 0.222. The molecule has 0 bridgehead atoms. The quantitative estimate of drug-likeness (QED) is 0.728. The summed E-state index contributed by atoms with van der Waals surface area (Å²) in [6, 6.07) is 14.5. The summed E-state index contributed by atoms with van der Waals surface area (Å²) in [6.45, 7) is 1.87. The molecule has 0 aliphatic carbocycles. The molecule has 0 N–H and O–H groups in total. The van der Waals surface area contributed by atoms with E-state index in [1.165, 1.54) is 4.57 Å². The van der Waals surface area contributed by atoms with Gasteiger partial charge in [-0.15, -0.1) is 0 Å². The first-order chi connectivity index (χ1) is 11.5. The van der Waals surface area contributed by atoms with E-state index in [0.29, 0.717) is 16.1 Å². The van der Waals surface area contributed by atoms with E-state index in [0.717, 1.165) is 5.56 Å². The Hall–Kier alpha value is -2.53. The molecule has 1 aromatic heterocycles. The van der Waals surface area contributed by atoms with Gasteiger partial charge in [0.15, 0.2) is 5.58 Å². The fourth-order valence-electron chi connectivity index (χ4n) is 2.61. The molecule has 0 radical (unpaired) electrons. The standard InChI is InChI=1S/C18H17ClN2O3/c1-12(13-6-4-3-5-7-13)20(2)17(22)11-21-15-9-8-14(19)10-16(15)24-18(21)23/h3-10,12H,11H2,1-2H3/t12-/m1/s1. The first kappa shape index (κ1) is 16.3. The van der Waals surface area contributed by atoms with Crippen molar-refractivity contribution in [3.05, 3.63) is 69.7 Å². The molecule has 3 rings (SSSR count). The number of aromatic nitrogens is 1. The van der Waals surface area contributed by atoms with Crippen molar-refractivity contribution in [2.24, 2.45) is 0 Å². The lowest BCUT2D eigenvalue weighted by Crippen LogP contribution is -2.34. The summed E-state index contributed by atoms with van der Waals surface area (Å²) in [4.78, 5) is 26.2. The van der Waals surface area contributed by atoms with Crippen molar-refractivity contribution >= 4 is 28.6 Å². The van der Waals surface area contributed by atoms with Crippen molar-refractivity contribution in [2.75, 3.05) is 7.05 Å². The second-order valence-corrected chi connectivity index (χ2v) is 6.09. The second-order valence-electron chi connectivity index (χ2n) is 5.66. The van der Waals surface area contributed by atoms with Gasteiger partial charge >= 0.3 is 5.76 Å². The normalized spacial score (nSPS) is 12.3. The van der Waals surface area contributed by atoms with E-state index >= 15 is 0 Å². The lowest BCUT2D eigenvalue weighted by molar-refractivity contribution is -0.132. The average molecular weight is 345 g/mol. The molecule has 2 aromatic carbocycles. The Morgan fingerprint density at radius 2 is 1.96 bits per heavy atom. The van der Waals surface area contributed by atoms with Crippen LogP contribution in [0.4, 0.5) is 0 Å². The van der Waals surface area contributed by atoms with Gasteiger partial charge in [-0.05, 0) is 24.6 Å². The molecule has 0 saturated carbocycles. The maximum Gasteiger partial charge on any atom is 0.420 e. The monoisotopic (exact) mass is 344 g/mol. The van der Waals surface area contributed by atoms with Gasteiger partial charge in [-0.1, -0.05) is 41.9 Å². The predicted octanol–water partition coefficient (Wildman–Crippen LogP) is 3.47. The first-order valence-electron chi connectivity index (χ1n) is 7.57. The highest BCUT2D eigenvalue weighted by Crippen LogP contribution is 2.21. The largest absolute Gasteiger partial charge is 0.420 e. The number of hydrogen-bond acceptors (Lipinski definition) is 3. The summed E-state index contributed by atoms with van der Waals surface area (Å²) in [7, 11) is 1.73. The van der Waals surface area contributed by atoms with Gasteiger partial charge in [0.1, 0.15) is 6.54 Å². The van der Waals surface area contributed by atoms with Crippen molar-refractivity contribution in [1.82, 2.24) is 9.47 Å². The zero-order valence-electron chi connectivity index (χ0n) is 13.4. The van der Waals surface area contributed by atoms with E-state index in [4.69, 9.17) is 16.0 Å². The summed E-state index contributed by atoms with van der Waals surface area (Å²) >= 11 is 5.90. The van der Waals surface area contributed by atoms with Crippen molar-refractivity contribution < 1.29 is 9.21 Å². The van der Waals surface area contributed by atoms with Crippen LogP contribution >= 0.6 is 11.6 Å². The predicted molar refractivity (Wildman–Crippen MR) is 93.1 cm³/mol. The first-order valence-corrected chi connectivity index (χ1v) is 7.94. The third kappa shape index (κ3) is 3.08. The molecule has 24 heavy (non-hydrogen) atoms. The molecule has 0 fully saturated rings. The molecular weight excluding hydrogens is 328 g/mol. The van der Waals surface area contributed by atoms with Gasteiger partial charge in [-0.25, -0.2) is 4.79 Å². The van der Waals surface area contributed by atoms with Crippen LogP contribution in [-0.2, 0) is 11.3 Å². The number of amides is 1. The Kier molecular flexibility index (Phi) is 4.44. The Morgan fingerprint density at radius 3 is 2.67 bits per heavy atom. The number of nitrogens with zero attached hydrogens (tertiary/aromatic N) is 2. The minimum atomic E-state index is -0.568. The number of likely N-dealkylation sites (N-methyl/N-ethyl adjacent to an activating group) is 1. The van der Waals surface area contributed by atoms with Crippen LogP contribution in [0.15, 0.2) is 57.7 Å². The van der Waals surface area contributed by atoms with Crippen LogP contribution in [0.3, 0.4) is 0 Å². The highest BCUT2D eigenvalue weighted by molar-refractivity contribution is 6.31. The zero-order valence-corrected chi connectivity index (χ0v) is 14.2. The van der Waals surface area contributed by atoms with Gasteiger partial charge in [0, 0.05) is 18.1 Å². The molecule has 1 heterocycles. The van der Waals surface area contributed by atoms with Crippen LogP contribution in [0.2, 0.25) is 5.02 Å². The van der Waals surface area contributed by atoms with Crippen LogP contribution in [0, 0.1) is 0 Å². The third-order valence-corrected chi connectivity index (χ3v) is 4.42. The molecule has 1 atom stereocenters. The average Bonchev–Trinajstić information content (AvgIpc) is 2.89. The zero-order chi connectivity index (χ0) is 17.3. The maximum atomic E-state index is 12.6. The number of hydrogen-bond donors (Lipinski definition) is 0. The molecule has 6 heteroatoms. The van der Waals surface area contributed by atoms with Crippen molar-refractivity contribution in [2.45, 2.75) is 19.5 Å². The van der Waals surface area contributed by atoms with Crippen LogP contribution in [0.25, 0.3) is 11.1 Å². The third-order valence-electron chi connectivity index (χ3n) is 4.18. The van der Waals surface area contributed by atoms with E-state index in [-0.39, 0.29) is 18.5 Å². The summed E-state index contributed by atoms with van der Waals surface area (Å²) in [5.41, 5.74) is 1.96. The van der Waals surface area contributed by atoms with Gasteiger partial charge in [-0.3, -0.25) is 9.36 Å². The van der Waals surface area contributed by atoms with Gasteiger partial charge < -0.3 is 9.32 Å². The second kappa shape index (κ2) is 6.53. The van der Waals surface area contributed by atoms with Crippen LogP contribution < -0.4 is 5.76 Å². The fourth-order valence-corrected chi connectivity index (χ4v) is 2.77. The number of benzene rings is 2. The van der Waals surface area contributed by atoms with E-state index in [1.807, 2.05) is 37.3 Å². The Morgan fingerprint density at radius 1 is 1.25 bits per heavy atom. The highest BCUT2D eigenvalue weighted by atomic mass is 35.5. The lowest BCUT2D eigenvalue weighted by Gasteiger charge is -2.25. The number of rotatable bonds is 4. The van der Waals surface area contributed by atoms with Crippen molar-refractivity contribution in [3.63, 3.8) is 0 Å². The molecule has 0 unspecified atom stereocenters. The molecule has 0 aliphatic rings. The summed E-state index contributed by atoms with van der Waals surface area (Å²) in [5, 5.41) is 0.476. The minimum absolute atomic E-state index is 0.0822. The van der Waals surface area contributed by atoms with E-state index < -0.39 is 5.76 Å². The number of carbonyl (C=O) groups excluding carboxylic acids is 1. The highest BCUT2D eigenvalue weighted by Gasteiger charge is 2.20. The van der Waals surface area contributed by atoms with Gasteiger partial charge in [0.2, 0.25) is 5.91 Å². The topological polar surface area (TPSA) is 55.5 Å². The Bertz CT molecular complexity index is 930. The summed E-state index contributed by atoms with van der Waals surface area (Å²) < 4.78 is 6.48. The van der Waals surface area contributed by atoms with E-state index in [1.54, 1.807) is 30.1 Å². The van der Waals surface area contributed by atoms with Crippen LogP contribution in [-0.4, -0.2) is 22.4 Å². The number of fused-ring (bicyclic) bond motifs is 1. The number of halogens is 1. The smallest absolute Gasteiger partial charge is 0.408 e. The Labute approximate surface area is 144 Å². The molecule has 0 spiro atoms. The SMILES string of the molecule is C[C@H](c1ccccc1)N(C)C(=O)Cn1c(=O)oc2cc(Cl)ccc21. The summed E-state index contributed by atoms with van der Waals surface area (Å²) in [6.07, 6.45) is 0. The lowest BCUT2D eigenvalue weighted by atomic mass is 10.1. The van der Waals surface area contributed by atoms with Crippen molar-refractivity contribution in [1.29, 1.82) is 0 Å². The van der Waals surface area contributed by atoms with Crippen LogP contribution in [0.5, 0.6) is 0 Å². The number of oxazole rings is 1. The van der Waals surface area contributed by atoms with Gasteiger partial charge in [0.25, 0.3) is 0 Å². The van der Waals surface area contributed by atoms with E-state index in [9.17, 15) is 9.59 Å². The molecular formula is C18H17ClN2O3. The molecule has 0 saturated heterocycles. The van der Waals surface area contributed by atoms with E-state index in [2.05, 4.69) is 0 Å². The molecule has 124 valence electrons. The van der Waals surface area contributed by atoms with Crippen molar-refractivity contribution in [3.8, 4) is 0 Å². The maximum absolute atomic E-state index is 12.6. The minimum Gasteiger partial charge on any atom is -0.408 e. The molecule has 0 aliphatic heterocycles. The van der Waals surface area contributed by atoms with Gasteiger partial charge in [0.05, 0.1) is 11.6 Å². The molecule has 3 aromatic rings. The van der Waals surface area contributed by atoms with Crippen LogP contribution in [0.1, 0.15) is 18.5 Å². The molecule has 5 nitrogen and oxygen atoms in total. The summed E-state index contributed by atoms with van der Waals surface area (Å²) in [5.74, 6) is -0.743. The van der Waals surface area contributed by atoms with Gasteiger partial charge in [-0.2, -0.15) is 0 Å². The number of carbonyl (C=O) groups is 1. The molecule has 1 amide bonds. The Balaban J connectivity index is 1.85.